The van der Waals surface area contributed by atoms with Gasteiger partial charge in [0.1, 0.15) is 11.6 Å². The fourth-order valence-electron chi connectivity index (χ4n) is 3.91. The summed E-state index contributed by atoms with van der Waals surface area (Å²) < 4.78 is 5.23. The van der Waals surface area contributed by atoms with Crippen molar-refractivity contribution in [3.05, 3.63) is 0 Å². The number of alkyl carbamates (subject to hydrolysis) is 1. The van der Waals surface area contributed by atoms with E-state index in [1.807, 2.05) is 25.7 Å². The SMILES string of the molecule is C[C@@H](NC(=O)OC(C)(C)C)C(=O)N1CCC(C2CCN(C)CC2)CC1. The van der Waals surface area contributed by atoms with Gasteiger partial charge in [-0.2, -0.15) is 0 Å². The van der Waals surface area contributed by atoms with Gasteiger partial charge in [-0.15, -0.1) is 0 Å². The zero-order valence-electron chi connectivity index (χ0n) is 16.5. The summed E-state index contributed by atoms with van der Waals surface area (Å²) >= 11 is 0. The molecule has 144 valence electrons. The lowest BCUT2D eigenvalue weighted by atomic mass is 9.79. The van der Waals surface area contributed by atoms with Crippen molar-refractivity contribution in [3.63, 3.8) is 0 Å². The number of hydrogen-bond acceptors (Lipinski definition) is 4. The van der Waals surface area contributed by atoms with E-state index in [-0.39, 0.29) is 5.91 Å². The predicted octanol–water partition coefficient (Wildman–Crippen LogP) is 2.48. The molecule has 25 heavy (non-hydrogen) atoms. The maximum atomic E-state index is 12.6. The van der Waals surface area contributed by atoms with Gasteiger partial charge in [0, 0.05) is 13.1 Å². The van der Waals surface area contributed by atoms with Crippen molar-refractivity contribution in [2.75, 3.05) is 33.2 Å². The molecule has 0 radical (unpaired) electrons. The summed E-state index contributed by atoms with van der Waals surface area (Å²) in [6, 6.07) is -0.547. The second-order valence-corrected chi connectivity index (χ2v) is 8.67. The Balaban J connectivity index is 1.75. The summed E-state index contributed by atoms with van der Waals surface area (Å²) in [6.45, 7) is 11.2. The molecule has 6 heteroatoms. The quantitative estimate of drug-likeness (QED) is 0.847. The molecule has 1 atom stereocenters. The van der Waals surface area contributed by atoms with Gasteiger partial charge >= 0.3 is 6.09 Å². The smallest absolute Gasteiger partial charge is 0.408 e. The molecule has 2 saturated heterocycles. The molecule has 2 rings (SSSR count). The number of hydrogen-bond donors (Lipinski definition) is 1. The van der Waals surface area contributed by atoms with Crippen LogP contribution >= 0.6 is 0 Å². The first kappa shape index (κ1) is 20.0. The lowest BCUT2D eigenvalue weighted by Crippen LogP contribution is -2.50. The number of piperidine rings is 2. The first-order chi connectivity index (χ1) is 11.7. The lowest BCUT2D eigenvalue weighted by molar-refractivity contribution is -0.134. The number of carbonyl (C=O) groups excluding carboxylic acids is 2. The summed E-state index contributed by atoms with van der Waals surface area (Å²) in [7, 11) is 2.19. The van der Waals surface area contributed by atoms with Crippen molar-refractivity contribution in [3.8, 4) is 0 Å². The third kappa shape index (κ3) is 6.17. The fraction of sp³-hybridized carbons (Fsp3) is 0.895. The molecule has 2 heterocycles. The molecular formula is C19H35N3O3. The van der Waals surface area contributed by atoms with Crippen molar-refractivity contribution in [1.29, 1.82) is 0 Å². The molecular weight excluding hydrogens is 318 g/mol. The number of rotatable bonds is 3. The molecule has 0 aromatic rings. The first-order valence-electron chi connectivity index (χ1n) is 9.62. The maximum Gasteiger partial charge on any atom is 0.408 e. The van der Waals surface area contributed by atoms with Crippen LogP contribution in [0.15, 0.2) is 0 Å². The highest BCUT2D eigenvalue weighted by atomic mass is 16.6. The number of likely N-dealkylation sites (tertiary alicyclic amines) is 2. The second kappa shape index (κ2) is 8.39. The van der Waals surface area contributed by atoms with Crippen LogP contribution in [0.4, 0.5) is 4.79 Å². The molecule has 0 saturated carbocycles. The van der Waals surface area contributed by atoms with E-state index < -0.39 is 17.7 Å². The monoisotopic (exact) mass is 353 g/mol. The van der Waals surface area contributed by atoms with E-state index in [0.29, 0.717) is 0 Å². The van der Waals surface area contributed by atoms with Crippen molar-refractivity contribution in [2.24, 2.45) is 11.8 Å². The van der Waals surface area contributed by atoms with E-state index in [2.05, 4.69) is 17.3 Å². The standard InChI is InChI=1S/C19H35N3O3/c1-14(20-18(24)25-19(2,3)4)17(23)22-12-8-16(9-13-22)15-6-10-21(5)11-7-15/h14-16H,6-13H2,1-5H3,(H,20,24)/t14-/m1/s1. The van der Waals surface area contributed by atoms with Crippen molar-refractivity contribution in [2.45, 2.75) is 65.0 Å². The van der Waals surface area contributed by atoms with Gasteiger partial charge in [-0.25, -0.2) is 4.79 Å². The molecule has 6 nitrogen and oxygen atoms in total. The van der Waals surface area contributed by atoms with Crippen LogP contribution < -0.4 is 5.32 Å². The van der Waals surface area contributed by atoms with E-state index >= 15 is 0 Å². The molecule has 0 bridgehead atoms. The van der Waals surface area contributed by atoms with Crippen LogP contribution in [0.1, 0.15) is 53.4 Å². The van der Waals surface area contributed by atoms with Crippen molar-refractivity contribution >= 4 is 12.0 Å². The Hall–Kier alpha value is -1.30. The molecule has 2 amide bonds. The van der Waals surface area contributed by atoms with Crippen LogP contribution in [0.5, 0.6) is 0 Å². The fourth-order valence-corrected chi connectivity index (χ4v) is 3.91. The van der Waals surface area contributed by atoms with E-state index in [1.54, 1.807) is 6.92 Å². The average molecular weight is 354 g/mol. The Morgan fingerprint density at radius 2 is 1.48 bits per heavy atom. The highest BCUT2D eigenvalue weighted by molar-refractivity contribution is 5.85. The van der Waals surface area contributed by atoms with Gasteiger partial charge in [0.2, 0.25) is 5.91 Å². The minimum Gasteiger partial charge on any atom is -0.444 e. The average Bonchev–Trinajstić information content (AvgIpc) is 2.53. The second-order valence-electron chi connectivity index (χ2n) is 8.67. The molecule has 0 aromatic carbocycles. The van der Waals surface area contributed by atoms with Crippen LogP contribution in [0.2, 0.25) is 0 Å². The first-order valence-corrected chi connectivity index (χ1v) is 9.62. The molecule has 2 fully saturated rings. The van der Waals surface area contributed by atoms with Crippen molar-refractivity contribution in [1.82, 2.24) is 15.1 Å². The number of nitrogens with one attached hydrogen (secondary N) is 1. The Bertz CT molecular complexity index is 459. The van der Waals surface area contributed by atoms with Gasteiger partial charge in [0.15, 0.2) is 0 Å². The van der Waals surface area contributed by atoms with Gasteiger partial charge in [0.05, 0.1) is 0 Å². The highest BCUT2D eigenvalue weighted by Gasteiger charge is 2.32. The van der Waals surface area contributed by atoms with E-state index in [0.717, 1.165) is 37.8 Å². The van der Waals surface area contributed by atoms with Crippen molar-refractivity contribution < 1.29 is 14.3 Å². The Kier molecular flexibility index (Phi) is 6.72. The van der Waals surface area contributed by atoms with E-state index in [1.165, 1.54) is 25.9 Å². The van der Waals surface area contributed by atoms with Gasteiger partial charge in [-0.3, -0.25) is 4.79 Å². The molecule has 0 aliphatic carbocycles. The minimum absolute atomic E-state index is 0.00677. The van der Waals surface area contributed by atoms with Gasteiger partial charge in [0.25, 0.3) is 0 Å². The highest BCUT2D eigenvalue weighted by Crippen LogP contribution is 2.32. The minimum atomic E-state index is -0.556. The maximum absolute atomic E-state index is 12.6. The lowest BCUT2D eigenvalue weighted by Gasteiger charge is -2.40. The van der Waals surface area contributed by atoms with Crippen LogP contribution in [-0.2, 0) is 9.53 Å². The zero-order valence-corrected chi connectivity index (χ0v) is 16.5. The molecule has 0 unspecified atom stereocenters. The number of amides is 2. The molecule has 2 aliphatic rings. The Morgan fingerprint density at radius 3 is 1.96 bits per heavy atom. The van der Waals surface area contributed by atoms with Crippen LogP contribution in [0.3, 0.4) is 0 Å². The summed E-state index contributed by atoms with van der Waals surface area (Å²) in [5.41, 5.74) is -0.556. The summed E-state index contributed by atoms with van der Waals surface area (Å²) in [4.78, 5) is 28.7. The van der Waals surface area contributed by atoms with Gasteiger partial charge in [-0.1, -0.05) is 0 Å². The molecule has 1 N–H and O–H groups in total. The molecule has 0 spiro atoms. The zero-order chi connectivity index (χ0) is 18.6. The summed E-state index contributed by atoms with van der Waals surface area (Å²) in [6.07, 6.45) is 4.20. The van der Waals surface area contributed by atoms with E-state index in [4.69, 9.17) is 4.74 Å². The third-order valence-corrected chi connectivity index (χ3v) is 5.38. The normalized spacial score (nSPS) is 22.5. The molecule has 2 aliphatic heterocycles. The number of ether oxygens (including phenoxy) is 1. The summed E-state index contributed by atoms with van der Waals surface area (Å²) in [5, 5.41) is 2.66. The largest absolute Gasteiger partial charge is 0.444 e. The van der Waals surface area contributed by atoms with Gasteiger partial charge in [-0.05, 0) is 85.4 Å². The van der Waals surface area contributed by atoms with Crippen LogP contribution in [0.25, 0.3) is 0 Å². The van der Waals surface area contributed by atoms with Crippen LogP contribution in [-0.4, -0.2) is 66.7 Å². The number of nitrogens with zero attached hydrogens (tertiary/aromatic N) is 2. The predicted molar refractivity (Wildman–Crippen MR) is 98.4 cm³/mol. The third-order valence-electron chi connectivity index (χ3n) is 5.38. The van der Waals surface area contributed by atoms with Gasteiger partial charge < -0.3 is 19.9 Å². The van der Waals surface area contributed by atoms with Crippen LogP contribution in [0, 0.1) is 11.8 Å². The Labute approximate surface area is 152 Å². The summed E-state index contributed by atoms with van der Waals surface area (Å²) in [5.74, 6) is 1.55. The number of carbonyl (C=O) groups is 2. The Morgan fingerprint density at radius 1 is 1.00 bits per heavy atom. The van der Waals surface area contributed by atoms with E-state index in [9.17, 15) is 9.59 Å². The topological polar surface area (TPSA) is 61.9 Å². The molecule has 0 aromatic heterocycles.